The number of nitriles is 1. The maximum Gasteiger partial charge on any atom is 0.347 e. The summed E-state index contributed by atoms with van der Waals surface area (Å²) in [6.45, 7) is 6.58. The molecule has 0 fully saturated rings. The molecular formula is C23H24N2O5. The molecule has 0 saturated heterocycles. The van der Waals surface area contributed by atoms with Crippen molar-refractivity contribution < 1.29 is 23.9 Å². The number of carbonyl (C=O) groups is 3. The Balaban J connectivity index is 1.92. The highest BCUT2D eigenvalue weighted by Gasteiger charge is 2.24. The molecule has 2 aromatic carbocycles. The fourth-order valence-electron chi connectivity index (χ4n) is 2.42. The fourth-order valence-corrected chi connectivity index (χ4v) is 2.42. The average Bonchev–Trinajstić information content (AvgIpc) is 2.74. The SMILES string of the molecule is CC(C)C(=O)Nc1ccc(C(=O)[C@@H](C)OC(=O)[C@H](C)Oc2ccc(C#N)cc2)cc1. The van der Waals surface area contributed by atoms with Gasteiger partial charge in [0.05, 0.1) is 11.6 Å². The van der Waals surface area contributed by atoms with Crippen LogP contribution in [-0.4, -0.2) is 29.9 Å². The van der Waals surface area contributed by atoms with E-state index >= 15 is 0 Å². The molecule has 2 aromatic rings. The van der Waals surface area contributed by atoms with Crippen molar-refractivity contribution in [1.29, 1.82) is 5.26 Å². The summed E-state index contributed by atoms with van der Waals surface area (Å²) in [7, 11) is 0. The number of carbonyl (C=O) groups excluding carboxylic acids is 3. The lowest BCUT2D eigenvalue weighted by atomic mass is 10.1. The molecule has 0 saturated carbocycles. The fraction of sp³-hybridized carbons (Fsp3) is 0.304. The number of hydrogen-bond acceptors (Lipinski definition) is 6. The molecule has 0 aliphatic heterocycles. The van der Waals surface area contributed by atoms with Gasteiger partial charge in [-0.25, -0.2) is 4.79 Å². The van der Waals surface area contributed by atoms with Crippen molar-refractivity contribution in [3.8, 4) is 11.8 Å². The lowest BCUT2D eigenvalue weighted by Crippen LogP contribution is -2.32. The van der Waals surface area contributed by atoms with Crippen LogP contribution in [0.1, 0.15) is 43.6 Å². The summed E-state index contributed by atoms with van der Waals surface area (Å²) in [6.07, 6.45) is -1.93. The lowest BCUT2D eigenvalue weighted by Gasteiger charge is -2.17. The first-order valence-electron chi connectivity index (χ1n) is 9.53. The van der Waals surface area contributed by atoms with Crippen LogP contribution in [0.3, 0.4) is 0 Å². The third-order valence-corrected chi connectivity index (χ3v) is 4.25. The first kappa shape index (κ1) is 22.6. The molecule has 0 bridgehead atoms. The first-order valence-corrected chi connectivity index (χ1v) is 9.53. The standard InChI is InChI=1S/C23H24N2O5/c1-14(2)22(27)25-19-9-7-18(8-10-19)21(26)15(3)30-23(28)16(4)29-20-11-5-17(13-24)6-12-20/h5-12,14-16H,1-4H3,(H,25,27)/t15-,16+/m1/s1. The molecule has 0 unspecified atom stereocenters. The molecular weight excluding hydrogens is 384 g/mol. The Morgan fingerprint density at radius 2 is 1.50 bits per heavy atom. The van der Waals surface area contributed by atoms with Gasteiger partial charge in [-0.1, -0.05) is 13.8 Å². The second-order valence-corrected chi connectivity index (χ2v) is 7.06. The van der Waals surface area contributed by atoms with Crippen molar-refractivity contribution in [2.75, 3.05) is 5.32 Å². The topological polar surface area (TPSA) is 105 Å². The zero-order valence-corrected chi connectivity index (χ0v) is 17.3. The maximum absolute atomic E-state index is 12.5. The predicted octanol–water partition coefficient (Wildman–Crippen LogP) is 3.73. The molecule has 7 heteroatoms. The summed E-state index contributed by atoms with van der Waals surface area (Å²) in [6, 6.07) is 14.7. The summed E-state index contributed by atoms with van der Waals surface area (Å²) in [4.78, 5) is 36.5. The van der Waals surface area contributed by atoms with Crippen molar-refractivity contribution >= 4 is 23.3 Å². The van der Waals surface area contributed by atoms with Gasteiger partial charge in [0.25, 0.3) is 0 Å². The van der Waals surface area contributed by atoms with Gasteiger partial charge in [-0.15, -0.1) is 0 Å². The molecule has 2 atom stereocenters. The van der Waals surface area contributed by atoms with E-state index in [0.717, 1.165) is 0 Å². The van der Waals surface area contributed by atoms with Crippen LogP contribution >= 0.6 is 0 Å². The summed E-state index contributed by atoms with van der Waals surface area (Å²) < 4.78 is 10.7. The summed E-state index contributed by atoms with van der Waals surface area (Å²) in [5.41, 5.74) is 1.42. The van der Waals surface area contributed by atoms with Gasteiger partial charge in [0.2, 0.25) is 11.7 Å². The lowest BCUT2D eigenvalue weighted by molar-refractivity contribution is -0.153. The number of Topliss-reactive ketones (excluding diaryl/α,β-unsaturated/α-hetero) is 1. The quantitative estimate of drug-likeness (QED) is 0.527. The number of esters is 1. The molecule has 0 aromatic heterocycles. The Hall–Kier alpha value is -3.66. The van der Waals surface area contributed by atoms with Crippen LogP contribution in [-0.2, 0) is 14.3 Å². The number of rotatable bonds is 8. The van der Waals surface area contributed by atoms with E-state index in [1.165, 1.54) is 13.8 Å². The van der Waals surface area contributed by atoms with Crippen LogP contribution in [0.15, 0.2) is 48.5 Å². The van der Waals surface area contributed by atoms with Crippen LogP contribution in [0.4, 0.5) is 5.69 Å². The molecule has 0 aliphatic rings. The summed E-state index contributed by atoms with van der Waals surface area (Å²) in [5, 5.41) is 11.5. The van der Waals surface area contributed by atoms with E-state index < -0.39 is 18.2 Å². The van der Waals surface area contributed by atoms with Crippen LogP contribution in [0, 0.1) is 17.2 Å². The second-order valence-electron chi connectivity index (χ2n) is 7.06. The molecule has 0 spiro atoms. The van der Waals surface area contributed by atoms with E-state index in [1.54, 1.807) is 62.4 Å². The molecule has 156 valence electrons. The largest absolute Gasteiger partial charge is 0.479 e. The number of nitrogens with zero attached hydrogens (tertiary/aromatic N) is 1. The first-order chi connectivity index (χ1) is 14.2. The van der Waals surface area contributed by atoms with E-state index in [4.69, 9.17) is 14.7 Å². The second kappa shape index (κ2) is 10.2. The van der Waals surface area contributed by atoms with E-state index in [0.29, 0.717) is 22.6 Å². The number of amides is 1. The summed E-state index contributed by atoms with van der Waals surface area (Å²) >= 11 is 0. The van der Waals surface area contributed by atoms with Crippen molar-refractivity contribution in [2.24, 2.45) is 5.92 Å². The zero-order valence-electron chi connectivity index (χ0n) is 17.3. The molecule has 1 N–H and O–H groups in total. The zero-order chi connectivity index (χ0) is 22.3. The maximum atomic E-state index is 12.5. The molecule has 1 amide bonds. The van der Waals surface area contributed by atoms with Crippen molar-refractivity contribution in [2.45, 2.75) is 39.9 Å². The van der Waals surface area contributed by atoms with Gasteiger partial charge < -0.3 is 14.8 Å². The molecule has 30 heavy (non-hydrogen) atoms. The minimum absolute atomic E-state index is 0.118. The van der Waals surface area contributed by atoms with Crippen LogP contribution < -0.4 is 10.1 Å². The van der Waals surface area contributed by atoms with Crippen molar-refractivity contribution in [1.82, 2.24) is 0 Å². The highest BCUT2D eigenvalue weighted by Crippen LogP contribution is 2.16. The number of nitrogens with one attached hydrogen (secondary N) is 1. The normalized spacial score (nSPS) is 12.4. The van der Waals surface area contributed by atoms with Gasteiger partial charge in [0.15, 0.2) is 12.2 Å². The number of anilines is 1. The van der Waals surface area contributed by atoms with Gasteiger partial charge in [-0.05, 0) is 62.4 Å². The molecule has 2 rings (SSSR count). The molecule has 0 heterocycles. The monoisotopic (exact) mass is 408 g/mol. The minimum atomic E-state index is -0.999. The Morgan fingerprint density at radius 3 is 2.03 bits per heavy atom. The van der Waals surface area contributed by atoms with Crippen molar-refractivity contribution in [3.05, 3.63) is 59.7 Å². The third-order valence-electron chi connectivity index (χ3n) is 4.25. The summed E-state index contributed by atoms with van der Waals surface area (Å²) in [5.74, 6) is -0.903. The Kier molecular flexibility index (Phi) is 7.70. The van der Waals surface area contributed by atoms with E-state index in [9.17, 15) is 14.4 Å². The number of ketones is 1. The van der Waals surface area contributed by atoms with Crippen LogP contribution in [0.25, 0.3) is 0 Å². The van der Waals surface area contributed by atoms with Gasteiger partial charge in [-0.3, -0.25) is 9.59 Å². The minimum Gasteiger partial charge on any atom is -0.479 e. The Morgan fingerprint density at radius 1 is 0.900 bits per heavy atom. The van der Waals surface area contributed by atoms with Gasteiger partial charge in [0, 0.05) is 17.2 Å². The van der Waals surface area contributed by atoms with E-state index in [1.807, 2.05) is 6.07 Å². The van der Waals surface area contributed by atoms with Crippen LogP contribution in [0.2, 0.25) is 0 Å². The molecule has 0 radical (unpaired) electrons. The highest BCUT2D eigenvalue weighted by atomic mass is 16.6. The predicted molar refractivity (Wildman–Crippen MR) is 111 cm³/mol. The average molecular weight is 408 g/mol. The molecule has 7 nitrogen and oxygen atoms in total. The number of benzene rings is 2. The van der Waals surface area contributed by atoms with E-state index in [2.05, 4.69) is 5.32 Å². The third kappa shape index (κ3) is 6.17. The number of ether oxygens (including phenoxy) is 2. The van der Waals surface area contributed by atoms with Gasteiger partial charge in [0.1, 0.15) is 5.75 Å². The van der Waals surface area contributed by atoms with Crippen molar-refractivity contribution in [3.63, 3.8) is 0 Å². The van der Waals surface area contributed by atoms with Gasteiger partial charge >= 0.3 is 5.97 Å². The van der Waals surface area contributed by atoms with E-state index in [-0.39, 0.29) is 17.6 Å². The Labute approximate surface area is 175 Å². The van der Waals surface area contributed by atoms with Gasteiger partial charge in [-0.2, -0.15) is 5.26 Å². The molecule has 0 aliphatic carbocycles. The number of hydrogen-bond donors (Lipinski definition) is 1. The van der Waals surface area contributed by atoms with Crippen LogP contribution in [0.5, 0.6) is 5.75 Å². The highest BCUT2D eigenvalue weighted by molar-refractivity contribution is 6.01. The Bertz CT molecular complexity index is 943. The smallest absolute Gasteiger partial charge is 0.347 e.